The molecule has 0 bridgehead atoms. The van der Waals surface area contributed by atoms with Crippen LogP contribution in [-0.4, -0.2) is 23.8 Å². The molecule has 2 nitrogen and oxygen atoms in total. The van der Waals surface area contributed by atoms with E-state index in [4.69, 9.17) is 0 Å². The van der Waals surface area contributed by atoms with Crippen molar-refractivity contribution in [2.75, 3.05) is 13.1 Å². The number of carbonyl (C=O) groups is 1. The molecule has 1 aliphatic heterocycles. The van der Waals surface area contributed by atoms with Crippen LogP contribution < -0.4 is 0 Å². The Morgan fingerprint density at radius 2 is 1.86 bits per heavy atom. The summed E-state index contributed by atoms with van der Waals surface area (Å²) in [5.74, 6) is 3.56. The third-order valence-electron chi connectivity index (χ3n) is 9.81. The van der Waals surface area contributed by atoms with Gasteiger partial charge in [-0.1, -0.05) is 38.5 Å². The third-order valence-corrected chi connectivity index (χ3v) is 9.81. The number of allylic oxidation sites excluding steroid dienone is 4. The van der Waals surface area contributed by atoms with Crippen LogP contribution in [0.25, 0.3) is 0 Å². The number of carbonyl (C=O) groups excluding carboxylic acids is 1. The number of hydrogen-bond acceptors (Lipinski definition) is 2. The summed E-state index contributed by atoms with van der Waals surface area (Å²) < 4.78 is 0. The molecular weight excluding hydrogens is 342 g/mol. The van der Waals surface area contributed by atoms with Crippen molar-refractivity contribution in [3.8, 4) is 0 Å². The number of likely N-dealkylation sites (tertiary alicyclic amines) is 1. The molecule has 5 aliphatic rings. The second-order valence-corrected chi connectivity index (χ2v) is 11.0. The fourth-order valence-electron chi connectivity index (χ4n) is 8.21. The van der Waals surface area contributed by atoms with Crippen LogP contribution in [0.3, 0.4) is 0 Å². The van der Waals surface area contributed by atoms with Gasteiger partial charge in [0.15, 0.2) is 0 Å². The monoisotopic (exact) mass is 381 g/mol. The van der Waals surface area contributed by atoms with E-state index < -0.39 is 0 Å². The number of fused-ring (bicyclic) bond motifs is 5. The lowest BCUT2D eigenvalue weighted by atomic mass is 9.45. The maximum Gasteiger partial charge on any atom is 0.136 e. The van der Waals surface area contributed by atoms with Crippen LogP contribution >= 0.6 is 0 Å². The lowest BCUT2D eigenvalue weighted by Crippen LogP contribution is -2.53. The molecule has 0 spiro atoms. The van der Waals surface area contributed by atoms with Gasteiger partial charge in [-0.15, -0.1) is 0 Å². The molecule has 0 amide bonds. The third kappa shape index (κ3) is 2.62. The van der Waals surface area contributed by atoms with Crippen molar-refractivity contribution < 1.29 is 4.79 Å². The second-order valence-electron chi connectivity index (χ2n) is 11.0. The summed E-state index contributed by atoms with van der Waals surface area (Å²) in [6.07, 6.45) is 17.3. The van der Waals surface area contributed by atoms with Crippen LogP contribution in [0, 0.1) is 34.5 Å². The van der Waals surface area contributed by atoms with Crippen molar-refractivity contribution in [3.05, 3.63) is 23.4 Å². The molecule has 6 atom stereocenters. The zero-order valence-electron chi connectivity index (χ0n) is 18.3. The lowest BCUT2D eigenvalue weighted by Gasteiger charge is -2.59. The lowest BCUT2D eigenvalue weighted by molar-refractivity contribution is -0.122. The smallest absolute Gasteiger partial charge is 0.136 e. The van der Waals surface area contributed by atoms with Gasteiger partial charge in [0.05, 0.1) is 0 Å². The fraction of sp³-hybridized carbons (Fsp3) is 0.808. The predicted octanol–water partition coefficient (Wildman–Crippen LogP) is 6.13. The Labute approximate surface area is 171 Å². The highest BCUT2D eigenvalue weighted by Crippen LogP contribution is 2.66. The van der Waals surface area contributed by atoms with Gasteiger partial charge in [-0.3, -0.25) is 4.79 Å². The van der Waals surface area contributed by atoms with Gasteiger partial charge in [0.2, 0.25) is 0 Å². The Bertz CT molecular complexity index is 714. The molecule has 0 N–H and O–H groups in total. The first-order valence-corrected chi connectivity index (χ1v) is 12.2. The Morgan fingerprint density at radius 3 is 2.61 bits per heavy atom. The first kappa shape index (κ1) is 18.9. The van der Waals surface area contributed by atoms with E-state index in [1.54, 1.807) is 5.70 Å². The molecular formula is C26H39NO. The minimum atomic E-state index is 0.291. The van der Waals surface area contributed by atoms with Gasteiger partial charge < -0.3 is 4.90 Å². The maximum atomic E-state index is 12.2. The number of piperidine rings is 1. The van der Waals surface area contributed by atoms with E-state index in [0.717, 1.165) is 37.0 Å². The zero-order valence-corrected chi connectivity index (χ0v) is 18.3. The molecule has 0 aromatic heterocycles. The molecule has 2 saturated carbocycles. The van der Waals surface area contributed by atoms with Crippen LogP contribution in [0.2, 0.25) is 0 Å². The summed E-state index contributed by atoms with van der Waals surface area (Å²) >= 11 is 0. The van der Waals surface area contributed by atoms with E-state index in [2.05, 4.69) is 37.8 Å². The Morgan fingerprint density at radius 1 is 1.07 bits per heavy atom. The Balaban J connectivity index is 1.49. The average Bonchev–Trinajstić information content (AvgIpc) is 3.06. The van der Waals surface area contributed by atoms with E-state index in [-0.39, 0.29) is 0 Å². The van der Waals surface area contributed by atoms with E-state index in [9.17, 15) is 4.79 Å². The van der Waals surface area contributed by atoms with Crippen molar-refractivity contribution in [1.82, 2.24) is 4.90 Å². The number of rotatable bonds is 2. The van der Waals surface area contributed by atoms with Crippen molar-refractivity contribution in [1.29, 1.82) is 0 Å². The zero-order chi connectivity index (χ0) is 19.5. The first-order chi connectivity index (χ1) is 13.5. The number of Topliss-reactive ketones (excluding diaryl/α,β-unsaturated/α-hetero) is 1. The number of ketones is 1. The van der Waals surface area contributed by atoms with Crippen LogP contribution in [0.5, 0.6) is 0 Å². The minimum Gasteiger partial charge on any atom is -0.375 e. The van der Waals surface area contributed by atoms with Crippen LogP contribution in [0.15, 0.2) is 23.4 Å². The molecule has 1 saturated heterocycles. The molecule has 1 unspecified atom stereocenters. The highest BCUT2D eigenvalue weighted by molar-refractivity contribution is 5.82. The van der Waals surface area contributed by atoms with Crippen LogP contribution in [0.4, 0.5) is 0 Å². The molecule has 4 aliphatic carbocycles. The summed E-state index contributed by atoms with van der Waals surface area (Å²) in [6.45, 7) is 10.1. The standard InChI is InChI=1S/C26H39NO/c1-4-18-16-19-17-20(28)10-12-25(19,2)22-11-13-26(3)21(24(18)22)8-9-23(26)27-14-6-5-7-15-27/h9,16,18,21-22,24H,4-8,10-15,17H2,1-3H3/t18?,21-,22-,24-,25-,26-/m0/s1. The molecule has 28 heavy (non-hydrogen) atoms. The Hall–Kier alpha value is -1.05. The highest BCUT2D eigenvalue weighted by Gasteiger charge is 2.59. The molecule has 2 heteroatoms. The maximum absolute atomic E-state index is 12.2. The molecule has 3 fully saturated rings. The largest absolute Gasteiger partial charge is 0.375 e. The molecule has 154 valence electrons. The second kappa shape index (κ2) is 6.74. The van der Waals surface area contributed by atoms with Gasteiger partial charge in [-0.2, -0.15) is 0 Å². The molecule has 1 heterocycles. The molecule has 5 rings (SSSR count). The minimum absolute atomic E-state index is 0.291. The van der Waals surface area contributed by atoms with E-state index in [0.29, 0.717) is 22.5 Å². The van der Waals surface area contributed by atoms with Gasteiger partial charge in [-0.25, -0.2) is 0 Å². The summed E-state index contributed by atoms with van der Waals surface area (Å²) in [4.78, 5) is 15.0. The van der Waals surface area contributed by atoms with Gasteiger partial charge in [0.25, 0.3) is 0 Å². The quantitative estimate of drug-likeness (QED) is 0.536. The van der Waals surface area contributed by atoms with Gasteiger partial charge in [-0.05, 0) is 80.5 Å². The van der Waals surface area contributed by atoms with E-state index in [1.165, 1.54) is 63.6 Å². The van der Waals surface area contributed by atoms with E-state index >= 15 is 0 Å². The van der Waals surface area contributed by atoms with Crippen molar-refractivity contribution in [2.45, 2.75) is 85.0 Å². The van der Waals surface area contributed by atoms with Gasteiger partial charge >= 0.3 is 0 Å². The summed E-state index contributed by atoms with van der Waals surface area (Å²) in [7, 11) is 0. The number of nitrogens with zero attached hydrogens (tertiary/aromatic N) is 1. The molecule has 0 radical (unpaired) electrons. The van der Waals surface area contributed by atoms with Crippen molar-refractivity contribution in [2.24, 2.45) is 34.5 Å². The number of hydrogen-bond donors (Lipinski definition) is 0. The fourth-order valence-corrected chi connectivity index (χ4v) is 8.21. The van der Waals surface area contributed by atoms with E-state index in [1.807, 2.05) is 0 Å². The summed E-state index contributed by atoms with van der Waals surface area (Å²) in [5.41, 5.74) is 3.91. The summed E-state index contributed by atoms with van der Waals surface area (Å²) in [5, 5.41) is 0. The average molecular weight is 382 g/mol. The van der Waals surface area contributed by atoms with Crippen molar-refractivity contribution >= 4 is 5.78 Å². The van der Waals surface area contributed by atoms with Crippen molar-refractivity contribution in [3.63, 3.8) is 0 Å². The topological polar surface area (TPSA) is 20.3 Å². The predicted molar refractivity (Wildman–Crippen MR) is 115 cm³/mol. The SMILES string of the molecule is CCC1C=C2CC(=O)CC[C@]2(C)[C@H]2CC[C@]3(C)C(N4CCCCC4)=CC[C@H]3[C@H]12. The van der Waals surface area contributed by atoms with Crippen LogP contribution in [-0.2, 0) is 4.79 Å². The van der Waals surface area contributed by atoms with Gasteiger partial charge in [0, 0.05) is 37.0 Å². The highest BCUT2D eigenvalue weighted by atomic mass is 16.1. The molecule has 0 aromatic carbocycles. The Kier molecular flexibility index (Phi) is 4.56. The first-order valence-electron chi connectivity index (χ1n) is 12.2. The van der Waals surface area contributed by atoms with Crippen LogP contribution in [0.1, 0.15) is 85.0 Å². The molecule has 0 aromatic rings. The van der Waals surface area contributed by atoms with Gasteiger partial charge in [0.1, 0.15) is 5.78 Å². The summed E-state index contributed by atoms with van der Waals surface area (Å²) in [6, 6.07) is 0. The normalized spacial score (nSPS) is 45.7.